The number of ether oxygens (including phenoxy) is 1. The number of amides is 2. The fourth-order valence-corrected chi connectivity index (χ4v) is 1.78. The van der Waals surface area contributed by atoms with Crippen molar-refractivity contribution in [1.29, 1.82) is 0 Å². The summed E-state index contributed by atoms with van der Waals surface area (Å²) in [6.45, 7) is 0.368. The Kier molecular flexibility index (Phi) is 6.21. The molecule has 0 unspecified atom stereocenters. The van der Waals surface area contributed by atoms with Gasteiger partial charge in [-0.2, -0.15) is 0 Å². The van der Waals surface area contributed by atoms with E-state index in [0.717, 1.165) is 10.0 Å². The van der Waals surface area contributed by atoms with Gasteiger partial charge in [-0.15, -0.1) is 0 Å². The molecule has 5 nitrogen and oxygen atoms in total. The molecule has 0 atom stereocenters. The molecular weight excluding hydrogens is 300 g/mol. The van der Waals surface area contributed by atoms with E-state index in [2.05, 4.69) is 31.3 Å². The molecule has 0 saturated carbocycles. The van der Waals surface area contributed by atoms with Crippen LogP contribution in [0, 0.1) is 0 Å². The van der Waals surface area contributed by atoms with Crippen LogP contribution in [-0.4, -0.2) is 32.2 Å². The second kappa shape index (κ2) is 7.71. The van der Waals surface area contributed by atoms with Gasteiger partial charge in [-0.25, -0.2) is 4.79 Å². The first-order chi connectivity index (χ1) is 8.63. The quantitative estimate of drug-likeness (QED) is 0.809. The molecule has 6 heteroatoms. The number of benzene rings is 1. The molecule has 0 aromatic heterocycles. The highest BCUT2D eigenvalue weighted by Crippen LogP contribution is 2.15. The van der Waals surface area contributed by atoms with Crippen LogP contribution in [0.4, 0.5) is 4.79 Å². The molecule has 0 spiro atoms. The van der Waals surface area contributed by atoms with Crippen molar-refractivity contribution >= 4 is 27.9 Å². The number of nitrogens with one attached hydrogen (secondary N) is 2. The monoisotopic (exact) mass is 314 g/mol. The van der Waals surface area contributed by atoms with Crippen molar-refractivity contribution in [3.8, 4) is 0 Å². The van der Waals surface area contributed by atoms with Crippen LogP contribution < -0.4 is 10.6 Å². The molecular formula is C12H15BrN2O3. The van der Waals surface area contributed by atoms with Crippen LogP contribution in [0.2, 0.25) is 0 Å². The van der Waals surface area contributed by atoms with Crippen LogP contribution in [0.3, 0.4) is 0 Å². The Hall–Kier alpha value is -1.56. The number of carbonyl (C=O) groups is 2. The lowest BCUT2D eigenvalue weighted by Gasteiger charge is -2.07. The lowest BCUT2D eigenvalue weighted by atomic mass is 10.1. The number of urea groups is 1. The number of rotatable bonds is 5. The Balaban J connectivity index is 2.24. The lowest BCUT2D eigenvalue weighted by Crippen LogP contribution is -2.39. The average Bonchev–Trinajstić information content (AvgIpc) is 2.38. The minimum absolute atomic E-state index is 0.128. The summed E-state index contributed by atoms with van der Waals surface area (Å²) in [5.74, 6) is -0.476. The van der Waals surface area contributed by atoms with E-state index in [-0.39, 0.29) is 12.6 Å². The third kappa shape index (κ3) is 5.18. The molecule has 2 N–H and O–H groups in total. The van der Waals surface area contributed by atoms with E-state index >= 15 is 0 Å². The number of methoxy groups -OCH3 is 1. The molecule has 1 rings (SSSR count). The second-order valence-electron chi connectivity index (χ2n) is 3.53. The van der Waals surface area contributed by atoms with Crippen molar-refractivity contribution in [2.24, 2.45) is 0 Å². The Morgan fingerprint density at radius 1 is 1.28 bits per heavy atom. The zero-order valence-electron chi connectivity index (χ0n) is 10.0. The van der Waals surface area contributed by atoms with Gasteiger partial charge in [-0.1, -0.05) is 34.1 Å². The zero-order chi connectivity index (χ0) is 13.4. The van der Waals surface area contributed by atoms with Gasteiger partial charge in [0.1, 0.15) is 6.54 Å². The molecule has 0 bridgehead atoms. The summed E-state index contributed by atoms with van der Waals surface area (Å²) >= 11 is 3.43. The maximum absolute atomic E-state index is 11.3. The number of esters is 1. The second-order valence-corrected chi connectivity index (χ2v) is 4.38. The van der Waals surface area contributed by atoms with E-state index < -0.39 is 5.97 Å². The topological polar surface area (TPSA) is 67.4 Å². The van der Waals surface area contributed by atoms with Gasteiger partial charge in [0.2, 0.25) is 0 Å². The molecule has 0 fully saturated rings. The SMILES string of the molecule is COC(=O)CNC(=O)NCCc1ccccc1Br. The largest absolute Gasteiger partial charge is 0.468 e. The third-order valence-electron chi connectivity index (χ3n) is 2.26. The fourth-order valence-electron chi connectivity index (χ4n) is 1.30. The maximum Gasteiger partial charge on any atom is 0.325 e. The van der Waals surface area contributed by atoms with Crippen LogP contribution in [0.15, 0.2) is 28.7 Å². The molecule has 0 saturated heterocycles. The van der Waals surface area contributed by atoms with Crippen molar-refractivity contribution in [3.05, 3.63) is 34.3 Å². The van der Waals surface area contributed by atoms with E-state index in [1.807, 2.05) is 24.3 Å². The standard InChI is InChI=1S/C12H15BrN2O3/c1-18-11(16)8-15-12(17)14-7-6-9-4-2-3-5-10(9)13/h2-5H,6-8H2,1H3,(H2,14,15,17). The molecule has 2 amide bonds. The highest BCUT2D eigenvalue weighted by molar-refractivity contribution is 9.10. The van der Waals surface area contributed by atoms with Crippen molar-refractivity contribution in [1.82, 2.24) is 10.6 Å². The van der Waals surface area contributed by atoms with E-state index in [1.165, 1.54) is 7.11 Å². The van der Waals surface area contributed by atoms with Gasteiger partial charge in [0.25, 0.3) is 0 Å². The highest BCUT2D eigenvalue weighted by Gasteiger charge is 2.04. The molecule has 0 radical (unpaired) electrons. The molecule has 98 valence electrons. The van der Waals surface area contributed by atoms with Gasteiger partial charge in [0.05, 0.1) is 7.11 Å². The molecule has 0 aliphatic carbocycles. The van der Waals surface area contributed by atoms with Gasteiger partial charge in [0, 0.05) is 11.0 Å². The number of carbonyl (C=O) groups excluding carboxylic acids is 2. The van der Waals surface area contributed by atoms with Gasteiger partial charge >= 0.3 is 12.0 Å². The lowest BCUT2D eigenvalue weighted by molar-refractivity contribution is -0.139. The summed E-state index contributed by atoms with van der Waals surface area (Å²) in [5, 5.41) is 5.06. The van der Waals surface area contributed by atoms with Crippen LogP contribution >= 0.6 is 15.9 Å². The van der Waals surface area contributed by atoms with Crippen molar-refractivity contribution in [3.63, 3.8) is 0 Å². The number of hydrogen-bond donors (Lipinski definition) is 2. The van der Waals surface area contributed by atoms with Crippen molar-refractivity contribution in [2.75, 3.05) is 20.2 Å². The van der Waals surface area contributed by atoms with E-state index in [0.29, 0.717) is 13.0 Å². The smallest absolute Gasteiger partial charge is 0.325 e. The first-order valence-corrected chi connectivity index (χ1v) is 6.24. The van der Waals surface area contributed by atoms with E-state index in [4.69, 9.17) is 0 Å². The average molecular weight is 315 g/mol. The Labute approximate surface area is 114 Å². The first-order valence-electron chi connectivity index (χ1n) is 5.45. The van der Waals surface area contributed by atoms with Gasteiger partial charge < -0.3 is 15.4 Å². The molecule has 1 aromatic carbocycles. The minimum Gasteiger partial charge on any atom is -0.468 e. The van der Waals surface area contributed by atoms with E-state index in [9.17, 15) is 9.59 Å². The minimum atomic E-state index is -0.476. The van der Waals surface area contributed by atoms with Crippen LogP contribution in [0.1, 0.15) is 5.56 Å². The summed E-state index contributed by atoms with van der Waals surface area (Å²) in [6.07, 6.45) is 0.715. The summed E-state index contributed by atoms with van der Waals surface area (Å²) in [7, 11) is 1.27. The first kappa shape index (κ1) is 14.5. The van der Waals surface area contributed by atoms with Gasteiger partial charge in [-0.3, -0.25) is 4.79 Å². The van der Waals surface area contributed by atoms with Crippen LogP contribution in [-0.2, 0) is 16.0 Å². The third-order valence-corrected chi connectivity index (χ3v) is 3.03. The molecule has 18 heavy (non-hydrogen) atoms. The summed E-state index contributed by atoms with van der Waals surface area (Å²) in [5.41, 5.74) is 1.12. The zero-order valence-corrected chi connectivity index (χ0v) is 11.6. The molecule has 0 aliphatic rings. The van der Waals surface area contributed by atoms with Gasteiger partial charge in [0.15, 0.2) is 0 Å². The Morgan fingerprint density at radius 2 is 2.00 bits per heavy atom. The number of hydrogen-bond acceptors (Lipinski definition) is 3. The molecule has 1 aromatic rings. The van der Waals surface area contributed by atoms with Crippen molar-refractivity contribution < 1.29 is 14.3 Å². The van der Waals surface area contributed by atoms with Crippen molar-refractivity contribution in [2.45, 2.75) is 6.42 Å². The fraction of sp³-hybridized carbons (Fsp3) is 0.333. The van der Waals surface area contributed by atoms with Crippen LogP contribution in [0.5, 0.6) is 0 Å². The summed E-state index contributed by atoms with van der Waals surface area (Å²) < 4.78 is 5.42. The predicted molar refractivity (Wildman–Crippen MR) is 71.3 cm³/mol. The van der Waals surface area contributed by atoms with Gasteiger partial charge in [-0.05, 0) is 18.1 Å². The van der Waals surface area contributed by atoms with Crippen LogP contribution in [0.25, 0.3) is 0 Å². The maximum atomic E-state index is 11.3. The van der Waals surface area contributed by atoms with E-state index in [1.54, 1.807) is 0 Å². The highest BCUT2D eigenvalue weighted by atomic mass is 79.9. The molecule has 0 heterocycles. The normalized spacial score (nSPS) is 9.67. The number of halogens is 1. The predicted octanol–water partition coefficient (Wildman–Crippen LogP) is 1.46. The summed E-state index contributed by atoms with van der Waals surface area (Å²) in [4.78, 5) is 22.1. The Morgan fingerprint density at radius 3 is 2.67 bits per heavy atom. The summed E-state index contributed by atoms with van der Waals surface area (Å²) in [6, 6.07) is 7.43. The Bertz CT molecular complexity index is 424. The molecule has 0 aliphatic heterocycles.